The molecule has 3 nitrogen and oxygen atoms in total. The molecule has 4 saturated carbocycles. The summed E-state index contributed by atoms with van der Waals surface area (Å²) in [6.07, 6.45) is 7.35. The van der Waals surface area contributed by atoms with Gasteiger partial charge in [0.2, 0.25) is 0 Å². The molecular weight excluding hydrogens is 366 g/mol. The molecule has 0 saturated heterocycles. The highest BCUT2D eigenvalue weighted by Gasteiger charge is 2.70. The van der Waals surface area contributed by atoms with Crippen LogP contribution in [0, 0.1) is 23.2 Å². The van der Waals surface area contributed by atoms with Crippen molar-refractivity contribution in [3.8, 4) is 5.75 Å². The fourth-order valence-electron chi connectivity index (χ4n) is 7.24. The molecule has 4 heteroatoms. The Hall–Kier alpha value is -0.580. The van der Waals surface area contributed by atoms with Crippen LogP contribution in [0.25, 0.3) is 0 Å². The summed E-state index contributed by atoms with van der Waals surface area (Å²) in [6, 6.07) is 5.72. The van der Waals surface area contributed by atoms with Crippen molar-refractivity contribution in [2.75, 3.05) is 7.05 Å². The Morgan fingerprint density at radius 3 is 2.92 bits per heavy atom. The van der Waals surface area contributed by atoms with Crippen LogP contribution in [0.3, 0.4) is 0 Å². The van der Waals surface area contributed by atoms with E-state index in [1.54, 1.807) is 6.07 Å². The molecule has 2 N–H and O–H groups in total. The standard InChI is InChI=1S/C20H26BrNO2/c1-22(10-13-5-15(21)2-3-17(13)23)19-7-12-4-16-18(24)6-14(9-19)20(16,8-12)11-19/h2-3,5,12,14,16,18,23-24H,4,6-11H2,1H3. The van der Waals surface area contributed by atoms with Crippen molar-refractivity contribution in [3.63, 3.8) is 0 Å². The first-order chi connectivity index (χ1) is 11.4. The molecule has 5 rings (SSSR count). The topological polar surface area (TPSA) is 43.7 Å². The van der Waals surface area contributed by atoms with Gasteiger partial charge in [-0.2, -0.15) is 0 Å². The normalized spacial score (nSPS) is 45.3. The Kier molecular flexibility index (Phi) is 3.25. The largest absolute Gasteiger partial charge is 0.508 e. The maximum atomic E-state index is 10.5. The summed E-state index contributed by atoms with van der Waals surface area (Å²) < 4.78 is 1.02. The number of rotatable bonds is 3. The highest BCUT2D eigenvalue weighted by atomic mass is 79.9. The number of nitrogens with zero attached hydrogens (tertiary/aromatic N) is 1. The molecule has 1 aromatic rings. The molecule has 6 unspecified atom stereocenters. The highest BCUT2D eigenvalue weighted by molar-refractivity contribution is 9.10. The molecule has 4 fully saturated rings. The number of aliphatic hydroxyl groups excluding tert-OH is 1. The molecule has 1 aromatic carbocycles. The van der Waals surface area contributed by atoms with Gasteiger partial charge in [-0.3, -0.25) is 4.90 Å². The number of aliphatic hydroxyl groups is 1. The summed E-state index contributed by atoms with van der Waals surface area (Å²) in [5.74, 6) is 2.46. The van der Waals surface area contributed by atoms with E-state index in [9.17, 15) is 10.2 Å². The molecule has 0 radical (unpaired) electrons. The van der Waals surface area contributed by atoms with E-state index in [4.69, 9.17) is 0 Å². The van der Waals surface area contributed by atoms with E-state index >= 15 is 0 Å². The van der Waals surface area contributed by atoms with E-state index in [1.165, 1.54) is 32.1 Å². The number of phenolic OH excluding ortho intramolecular Hbond substituents is 1. The lowest BCUT2D eigenvalue weighted by Crippen LogP contribution is -2.48. The number of halogens is 1. The van der Waals surface area contributed by atoms with Crippen molar-refractivity contribution in [3.05, 3.63) is 28.2 Å². The van der Waals surface area contributed by atoms with Gasteiger partial charge in [0, 0.05) is 22.1 Å². The van der Waals surface area contributed by atoms with Gasteiger partial charge in [-0.15, -0.1) is 0 Å². The number of hydrogen-bond acceptors (Lipinski definition) is 3. The second kappa shape index (κ2) is 4.99. The van der Waals surface area contributed by atoms with Crippen LogP contribution in [0.1, 0.15) is 44.1 Å². The molecule has 4 aliphatic rings. The third-order valence-electron chi connectivity index (χ3n) is 8.01. The maximum absolute atomic E-state index is 10.5. The van der Waals surface area contributed by atoms with E-state index < -0.39 is 0 Å². The zero-order valence-electron chi connectivity index (χ0n) is 14.2. The van der Waals surface area contributed by atoms with E-state index in [0.29, 0.717) is 23.0 Å². The van der Waals surface area contributed by atoms with E-state index in [1.807, 2.05) is 12.1 Å². The number of phenols is 1. The molecule has 24 heavy (non-hydrogen) atoms. The van der Waals surface area contributed by atoms with Crippen LogP contribution >= 0.6 is 15.9 Å². The predicted octanol–water partition coefficient (Wildman–Crippen LogP) is 3.92. The lowest BCUT2D eigenvalue weighted by molar-refractivity contribution is 0.0362. The van der Waals surface area contributed by atoms with Crippen LogP contribution < -0.4 is 0 Å². The monoisotopic (exact) mass is 391 g/mol. The van der Waals surface area contributed by atoms with Gasteiger partial charge in [-0.1, -0.05) is 15.9 Å². The Balaban J connectivity index is 1.45. The average Bonchev–Trinajstić information content (AvgIpc) is 3.03. The van der Waals surface area contributed by atoms with E-state index in [2.05, 4.69) is 27.9 Å². The first kappa shape index (κ1) is 15.7. The lowest BCUT2D eigenvalue weighted by atomic mass is 9.70. The minimum Gasteiger partial charge on any atom is -0.508 e. The lowest BCUT2D eigenvalue weighted by Gasteiger charge is -2.45. The van der Waals surface area contributed by atoms with Gasteiger partial charge in [0.25, 0.3) is 0 Å². The smallest absolute Gasteiger partial charge is 0.120 e. The van der Waals surface area contributed by atoms with Gasteiger partial charge in [-0.25, -0.2) is 0 Å². The molecule has 0 heterocycles. The summed E-state index contributed by atoms with van der Waals surface area (Å²) in [7, 11) is 2.24. The van der Waals surface area contributed by atoms with E-state index in [0.717, 1.165) is 28.9 Å². The molecular formula is C20H26BrNO2. The Labute approximate surface area is 152 Å². The third kappa shape index (κ3) is 1.96. The SMILES string of the molecule is CN(Cc1cc(Br)ccc1O)C12CC3CC4C(O)CC(C1)C4(C3)C2. The summed E-state index contributed by atoms with van der Waals surface area (Å²) >= 11 is 3.52. The third-order valence-corrected chi connectivity index (χ3v) is 8.50. The average molecular weight is 392 g/mol. The summed E-state index contributed by atoms with van der Waals surface area (Å²) in [5, 5.41) is 20.7. The molecule has 4 aliphatic carbocycles. The highest BCUT2D eigenvalue weighted by Crippen LogP contribution is 2.74. The fourth-order valence-corrected chi connectivity index (χ4v) is 7.65. The Bertz CT molecular complexity index is 694. The van der Waals surface area contributed by atoms with Crippen LogP contribution in [0.2, 0.25) is 0 Å². The summed E-state index contributed by atoms with van der Waals surface area (Å²) in [6.45, 7) is 0.800. The second-order valence-corrected chi connectivity index (χ2v) is 10.00. The van der Waals surface area contributed by atoms with Crippen molar-refractivity contribution >= 4 is 15.9 Å². The Morgan fingerprint density at radius 1 is 1.25 bits per heavy atom. The zero-order valence-corrected chi connectivity index (χ0v) is 15.8. The van der Waals surface area contributed by atoms with Gasteiger partial charge in [0.15, 0.2) is 0 Å². The van der Waals surface area contributed by atoms with Gasteiger partial charge in [-0.05, 0) is 86.9 Å². The first-order valence-corrected chi connectivity index (χ1v) is 10.1. The Morgan fingerprint density at radius 2 is 2.08 bits per heavy atom. The minimum atomic E-state index is -0.0458. The molecule has 0 amide bonds. The molecule has 1 spiro atoms. The molecule has 0 aliphatic heterocycles. The minimum absolute atomic E-state index is 0.0458. The second-order valence-electron chi connectivity index (χ2n) is 9.08. The first-order valence-electron chi connectivity index (χ1n) is 9.29. The number of hydrogen-bond donors (Lipinski definition) is 2. The van der Waals surface area contributed by atoms with Crippen LogP contribution in [0.5, 0.6) is 5.75 Å². The van der Waals surface area contributed by atoms with Crippen molar-refractivity contribution < 1.29 is 10.2 Å². The van der Waals surface area contributed by atoms with Crippen molar-refractivity contribution in [1.29, 1.82) is 0 Å². The fraction of sp³-hybridized carbons (Fsp3) is 0.700. The van der Waals surface area contributed by atoms with Gasteiger partial charge < -0.3 is 10.2 Å². The van der Waals surface area contributed by atoms with Crippen molar-refractivity contribution in [2.24, 2.45) is 23.2 Å². The van der Waals surface area contributed by atoms with Gasteiger partial charge in [0.05, 0.1) is 6.10 Å². The van der Waals surface area contributed by atoms with Crippen molar-refractivity contribution in [2.45, 2.75) is 56.7 Å². The maximum Gasteiger partial charge on any atom is 0.120 e. The summed E-state index contributed by atoms with van der Waals surface area (Å²) in [4.78, 5) is 2.52. The molecule has 3 bridgehead atoms. The van der Waals surface area contributed by atoms with Crippen LogP contribution in [-0.2, 0) is 6.54 Å². The zero-order chi connectivity index (χ0) is 16.7. The van der Waals surface area contributed by atoms with E-state index in [-0.39, 0.29) is 11.6 Å². The van der Waals surface area contributed by atoms with Crippen LogP contribution in [0.4, 0.5) is 0 Å². The predicted molar refractivity (Wildman–Crippen MR) is 96.6 cm³/mol. The van der Waals surface area contributed by atoms with Crippen LogP contribution in [-0.4, -0.2) is 33.8 Å². The number of fused-ring (bicyclic) bond motifs is 2. The summed E-state index contributed by atoms with van der Waals surface area (Å²) in [5.41, 5.74) is 1.71. The number of aromatic hydroxyl groups is 1. The number of benzene rings is 1. The van der Waals surface area contributed by atoms with Gasteiger partial charge >= 0.3 is 0 Å². The molecule has 0 aromatic heterocycles. The molecule has 6 atom stereocenters. The molecule has 130 valence electrons. The quantitative estimate of drug-likeness (QED) is 0.820. The van der Waals surface area contributed by atoms with Crippen molar-refractivity contribution in [1.82, 2.24) is 4.90 Å². The van der Waals surface area contributed by atoms with Gasteiger partial charge in [0.1, 0.15) is 5.75 Å². The van der Waals surface area contributed by atoms with Crippen LogP contribution in [0.15, 0.2) is 22.7 Å².